The fourth-order valence-corrected chi connectivity index (χ4v) is 1.53. The number of carbonyl (C=O) groups excluding carboxylic acids is 2. The fraction of sp³-hybridized carbons (Fsp3) is 0.500. The van der Waals surface area contributed by atoms with E-state index in [-0.39, 0.29) is 32.2 Å². The number of hydrogen-bond acceptors (Lipinski definition) is 4. The van der Waals surface area contributed by atoms with Crippen molar-refractivity contribution in [2.45, 2.75) is 60.4 Å². The molecular formula is C18H28N3O2Re-. The number of rotatable bonds is 4. The van der Waals surface area contributed by atoms with Crippen LogP contribution in [0.3, 0.4) is 0 Å². The minimum absolute atomic E-state index is 0. The third-order valence-electron chi connectivity index (χ3n) is 2.74. The summed E-state index contributed by atoms with van der Waals surface area (Å²) in [4.78, 5) is 22.5. The maximum Gasteiger partial charge on any atom is 0.247 e. The van der Waals surface area contributed by atoms with Crippen LogP contribution in [0, 0.1) is 17.3 Å². The van der Waals surface area contributed by atoms with Gasteiger partial charge in [-0.05, 0) is 27.2 Å². The van der Waals surface area contributed by atoms with Crippen LogP contribution in [0.4, 0.5) is 0 Å². The molecule has 1 heterocycles. The Bertz CT molecular complexity index is 508. The van der Waals surface area contributed by atoms with E-state index in [9.17, 15) is 9.59 Å². The predicted octanol–water partition coefficient (Wildman–Crippen LogP) is 2.81. The molecule has 0 bridgehead atoms. The maximum absolute atomic E-state index is 11.5. The molecule has 1 saturated heterocycles. The molecule has 5 nitrogen and oxygen atoms in total. The molecule has 1 atom stereocenters. The molecule has 0 spiro atoms. The van der Waals surface area contributed by atoms with Crippen LogP contribution in [0.25, 0.3) is 0 Å². The van der Waals surface area contributed by atoms with Crippen LogP contribution in [-0.2, 0) is 30.0 Å². The van der Waals surface area contributed by atoms with E-state index in [1.807, 2.05) is 40.7 Å². The molecule has 0 aromatic heterocycles. The monoisotopic (exact) mass is 505 g/mol. The maximum atomic E-state index is 11.5. The van der Waals surface area contributed by atoms with Gasteiger partial charge in [0, 0.05) is 26.8 Å². The second-order valence-electron chi connectivity index (χ2n) is 4.31. The molecule has 0 aromatic carbocycles. The van der Waals surface area contributed by atoms with Gasteiger partial charge >= 0.3 is 0 Å². The van der Waals surface area contributed by atoms with Crippen LogP contribution in [0.5, 0.6) is 0 Å². The molecule has 24 heavy (non-hydrogen) atoms. The SMILES string of the molecule is C/C=C\C(NC1CCC(=O)NC1=O)=C(/C)[C-]=N.CC.CC#CC.[Re]. The first-order valence-corrected chi connectivity index (χ1v) is 7.70. The number of hydrogen-bond donors (Lipinski definition) is 3. The second kappa shape index (κ2) is 17.7. The molecule has 1 rings (SSSR count). The van der Waals surface area contributed by atoms with Gasteiger partial charge in [0.1, 0.15) is 0 Å². The average Bonchev–Trinajstić information content (AvgIpc) is 2.58. The van der Waals surface area contributed by atoms with Crippen LogP contribution >= 0.6 is 0 Å². The van der Waals surface area contributed by atoms with Gasteiger partial charge < -0.3 is 10.7 Å². The van der Waals surface area contributed by atoms with Crippen molar-refractivity contribution in [3.8, 4) is 11.8 Å². The van der Waals surface area contributed by atoms with Gasteiger partial charge in [0.25, 0.3) is 0 Å². The molecule has 0 aromatic rings. The van der Waals surface area contributed by atoms with Crippen LogP contribution in [-0.4, -0.2) is 24.1 Å². The summed E-state index contributed by atoms with van der Waals surface area (Å²) in [6.07, 6.45) is 6.68. The van der Waals surface area contributed by atoms with Crippen molar-refractivity contribution in [3.05, 3.63) is 23.4 Å². The zero-order valence-electron chi connectivity index (χ0n) is 15.3. The Morgan fingerprint density at radius 3 is 2.25 bits per heavy atom. The molecular weight excluding hydrogens is 476 g/mol. The zero-order valence-corrected chi connectivity index (χ0v) is 18.1. The minimum Gasteiger partial charge on any atom is -0.452 e. The van der Waals surface area contributed by atoms with Gasteiger partial charge in [-0.3, -0.25) is 14.9 Å². The van der Waals surface area contributed by atoms with Crippen molar-refractivity contribution < 1.29 is 30.0 Å². The van der Waals surface area contributed by atoms with E-state index in [0.29, 0.717) is 24.1 Å². The van der Waals surface area contributed by atoms with E-state index in [2.05, 4.69) is 28.7 Å². The molecule has 0 saturated carbocycles. The van der Waals surface area contributed by atoms with Crippen molar-refractivity contribution in [2.24, 2.45) is 0 Å². The summed E-state index contributed by atoms with van der Waals surface area (Å²) in [6, 6.07) is -0.429. The number of carbonyl (C=O) groups is 2. The quantitative estimate of drug-likeness (QED) is 0.181. The Kier molecular flexibility index (Phi) is 20.0. The van der Waals surface area contributed by atoms with E-state index in [4.69, 9.17) is 5.41 Å². The number of nitrogens with one attached hydrogen (secondary N) is 3. The summed E-state index contributed by atoms with van der Waals surface area (Å²) in [5.41, 5.74) is 1.30. The summed E-state index contributed by atoms with van der Waals surface area (Å²) >= 11 is 0. The van der Waals surface area contributed by atoms with Gasteiger partial charge in [0.2, 0.25) is 11.8 Å². The van der Waals surface area contributed by atoms with Gasteiger partial charge in [-0.2, -0.15) is 11.8 Å². The van der Waals surface area contributed by atoms with Crippen molar-refractivity contribution in [2.75, 3.05) is 0 Å². The number of piperidine rings is 1. The summed E-state index contributed by atoms with van der Waals surface area (Å²) in [5, 5.41) is 12.4. The van der Waals surface area contributed by atoms with Crippen LogP contribution in [0.2, 0.25) is 0 Å². The Balaban J connectivity index is -0.000000551. The minimum atomic E-state index is -0.429. The third-order valence-corrected chi connectivity index (χ3v) is 2.74. The van der Waals surface area contributed by atoms with Crippen molar-refractivity contribution in [1.82, 2.24) is 10.6 Å². The zero-order chi connectivity index (χ0) is 18.3. The molecule has 1 aliphatic rings. The average molecular weight is 505 g/mol. The van der Waals surface area contributed by atoms with Crippen molar-refractivity contribution in [1.29, 1.82) is 5.41 Å². The number of amides is 2. The Hall–Kier alpha value is -1.69. The first kappa shape index (κ1) is 27.2. The molecule has 1 radical (unpaired) electrons. The van der Waals surface area contributed by atoms with E-state index >= 15 is 0 Å². The van der Waals surface area contributed by atoms with Gasteiger partial charge in [-0.1, -0.05) is 20.8 Å². The molecule has 1 unspecified atom stereocenters. The van der Waals surface area contributed by atoms with Gasteiger partial charge in [-0.25, -0.2) is 0 Å². The van der Waals surface area contributed by atoms with Crippen molar-refractivity contribution >= 4 is 18.0 Å². The van der Waals surface area contributed by atoms with Crippen LogP contribution < -0.4 is 10.6 Å². The van der Waals surface area contributed by atoms with Crippen LogP contribution in [0.1, 0.15) is 54.4 Å². The normalized spacial score (nSPS) is 16.5. The largest absolute Gasteiger partial charge is 0.452 e. The second-order valence-corrected chi connectivity index (χ2v) is 4.31. The number of allylic oxidation sites excluding steroid dienone is 3. The van der Waals surface area contributed by atoms with E-state index in [0.717, 1.165) is 0 Å². The molecule has 6 heteroatoms. The third kappa shape index (κ3) is 11.8. The Labute approximate surface area is 159 Å². The standard InChI is InChI=1S/C12H16N3O2.C4H6.C2H6.Re/c1-3-4-9(8(2)7-13)14-10-5-6-11(16)15-12(10)17;1-3-4-2;1-2;/h3-4,10,13-14H,5-6H2,1-2H3,(H,15,16,17);1-2H3;1-2H3;/q-1;;;/b4-3-,9-8-;;;. The predicted molar refractivity (Wildman–Crippen MR) is 95.0 cm³/mol. The van der Waals surface area contributed by atoms with E-state index in [1.54, 1.807) is 13.0 Å². The summed E-state index contributed by atoms with van der Waals surface area (Å²) in [5.74, 6) is 4.81. The molecule has 0 aliphatic carbocycles. The topological polar surface area (TPSA) is 82.1 Å². The summed E-state index contributed by atoms with van der Waals surface area (Å²) in [6.45, 7) is 11.2. The van der Waals surface area contributed by atoms with E-state index < -0.39 is 6.04 Å². The first-order valence-electron chi connectivity index (χ1n) is 7.70. The molecule has 1 fully saturated rings. The molecule has 3 N–H and O–H groups in total. The van der Waals surface area contributed by atoms with Gasteiger partial charge in [0.05, 0.1) is 6.04 Å². The smallest absolute Gasteiger partial charge is 0.247 e. The van der Waals surface area contributed by atoms with Gasteiger partial charge in [0.15, 0.2) is 0 Å². The Morgan fingerprint density at radius 1 is 1.33 bits per heavy atom. The van der Waals surface area contributed by atoms with E-state index in [1.165, 1.54) is 0 Å². The number of imide groups is 1. The molecule has 2 amide bonds. The van der Waals surface area contributed by atoms with Gasteiger partial charge in [-0.15, -0.1) is 29.7 Å². The molecule has 1 aliphatic heterocycles. The fourth-order valence-electron chi connectivity index (χ4n) is 1.53. The van der Waals surface area contributed by atoms with Crippen LogP contribution in [0.15, 0.2) is 23.4 Å². The summed E-state index contributed by atoms with van der Waals surface area (Å²) < 4.78 is 0. The summed E-state index contributed by atoms with van der Waals surface area (Å²) in [7, 11) is 0. The van der Waals surface area contributed by atoms with Crippen molar-refractivity contribution in [3.63, 3.8) is 0 Å². The Morgan fingerprint density at radius 2 is 1.88 bits per heavy atom. The first-order chi connectivity index (χ1) is 11.0. The molecule has 135 valence electrons.